The van der Waals surface area contributed by atoms with Crippen molar-refractivity contribution in [2.45, 2.75) is 6.54 Å². The summed E-state index contributed by atoms with van der Waals surface area (Å²) in [6, 6.07) is 20.2. The minimum Gasteiger partial charge on any atom is -0.477 e. The number of rotatable bonds is 5. The van der Waals surface area contributed by atoms with Gasteiger partial charge in [-0.25, -0.2) is 19.2 Å². The molecule has 0 radical (unpaired) electrons. The molecule has 0 aliphatic heterocycles. The van der Waals surface area contributed by atoms with Crippen LogP contribution in [0.1, 0.15) is 15.9 Å². The van der Waals surface area contributed by atoms with Gasteiger partial charge in [-0.05, 0) is 47.5 Å². The number of benzene rings is 2. The van der Waals surface area contributed by atoms with Gasteiger partial charge in [0.05, 0.1) is 5.52 Å². The maximum Gasteiger partial charge on any atom is 0.341 e. The smallest absolute Gasteiger partial charge is 0.341 e. The molecule has 3 aromatic heterocycles. The lowest BCUT2D eigenvalue weighted by Gasteiger charge is -2.14. The Morgan fingerprint density at radius 1 is 0.921 bits per heavy atom. The maximum absolute atomic E-state index is 14.5. The molecule has 0 saturated carbocycles. The van der Waals surface area contributed by atoms with Crippen LogP contribution < -0.4 is 10.3 Å². The molecule has 0 bridgehead atoms. The van der Waals surface area contributed by atoms with E-state index in [2.05, 4.69) is 9.97 Å². The molecule has 2 aromatic carbocycles. The number of hydrogen-bond acceptors (Lipinski definition) is 5. The number of fused-ring (bicyclic) bond motifs is 1. The van der Waals surface area contributed by atoms with E-state index in [1.165, 1.54) is 41.2 Å². The predicted octanol–water partition coefficient (Wildman–Crippen LogP) is 5.24. The molecule has 0 fully saturated rings. The normalized spacial score (nSPS) is 10.5. The number of carboxylic acids is 1. The Kier molecular flexibility index (Phi) is 7.86. The maximum atomic E-state index is 14.5. The number of pyridine rings is 3. The van der Waals surface area contributed by atoms with Crippen LogP contribution in [0, 0.1) is 11.8 Å². The topological polar surface area (TPSA) is 88.3 Å². The Bertz CT molecular complexity index is 1620. The van der Waals surface area contributed by atoms with Gasteiger partial charge in [-0.3, -0.25) is 4.79 Å². The molecule has 0 aliphatic carbocycles. The van der Waals surface area contributed by atoms with Crippen LogP contribution in [-0.4, -0.2) is 39.7 Å². The van der Waals surface area contributed by atoms with Gasteiger partial charge in [0.25, 0.3) is 0 Å². The fraction of sp³-hybridized carbons (Fsp3) is 0.103. The Morgan fingerprint density at radius 3 is 2.21 bits per heavy atom. The van der Waals surface area contributed by atoms with E-state index in [4.69, 9.17) is 0 Å². The molecule has 38 heavy (non-hydrogen) atoms. The van der Waals surface area contributed by atoms with Crippen molar-refractivity contribution in [2.75, 3.05) is 19.0 Å². The second kappa shape index (κ2) is 11.4. The lowest BCUT2D eigenvalue weighted by Crippen LogP contribution is -2.19. The Hall–Kier alpha value is -4.92. The van der Waals surface area contributed by atoms with Gasteiger partial charge in [0, 0.05) is 50.2 Å². The second-order valence-corrected chi connectivity index (χ2v) is 8.59. The number of carbonyl (C=O) groups is 1. The number of nitrogens with zero attached hydrogens (tertiary/aromatic N) is 4. The zero-order valence-corrected chi connectivity index (χ0v) is 20.7. The molecule has 9 heteroatoms. The van der Waals surface area contributed by atoms with E-state index in [-0.39, 0.29) is 23.0 Å². The first kappa shape index (κ1) is 26.2. The Morgan fingerprint density at radius 2 is 1.66 bits per heavy atom. The Labute approximate surface area is 217 Å². The summed E-state index contributed by atoms with van der Waals surface area (Å²) in [6.07, 6.45) is 4.41. The third kappa shape index (κ3) is 5.89. The number of aromatic carboxylic acids is 1. The molecule has 7 nitrogen and oxygen atoms in total. The number of anilines is 1. The zero-order chi connectivity index (χ0) is 27.2. The number of hydrogen-bond donors (Lipinski definition) is 1. The highest BCUT2D eigenvalue weighted by atomic mass is 19.1. The molecular formula is C29H24F2N4O3. The fourth-order valence-electron chi connectivity index (χ4n) is 3.85. The zero-order valence-electron chi connectivity index (χ0n) is 20.7. The molecule has 0 atom stereocenters. The van der Waals surface area contributed by atoms with Crippen LogP contribution in [-0.2, 0) is 6.54 Å². The van der Waals surface area contributed by atoms with Crippen LogP contribution in [0.3, 0.4) is 0 Å². The van der Waals surface area contributed by atoms with E-state index >= 15 is 0 Å². The molecule has 3 heterocycles. The van der Waals surface area contributed by atoms with E-state index in [0.29, 0.717) is 0 Å². The summed E-state index contributed by atoms with van der Waals surface area (Å²) in [6.45, 7) is 0.218. The molecule has 192 valence electrons. The fourth-order valence-corrected chi connectivity index (χ4v) is 3.85. The highest BCUT2D eigenvalue weighted by Crippen LogP contribution is 2.22. The van der Waals surface area contributed by atoms with Crippen molar-refractivity contribution in [1.82, 2.24) is 14.5 Å². The Balaban J connectivity index is 0.000000417. The van der Waals surface area contributed by atoms with Crippen molar-refractivity contribution < 1.29 is 18.7 Å². The van der Waals surface area contributed by atoms with Gasteiger partial charge in [-0.1, -0.05) is 36.4 Å². The number of para-hydroxylation sites is 1. The minimum atomic E-state index is -1.34. The van der Waals surface area contributed by atoms with E-state index in [1.54, 1.807) is 18.3 Å². The van der Waals surface area contributed by atoms with Crippen LogP contribution in [0.5, 0.6) is 0 Å². The lowest BCUT2D eigenvalue weighted by atomic mass is 10.0. The quantitative estimate of drug-likeness (QED) is 0.323. The van der Waals surface area contributed by atoms with Crippen LogP contribution in [0.2, 0.25) is 0 Å². The molecule has 5 rings (SSSR count). The summed E-state index contributed by atoms with van der Waals surface area (Å²) in [5.41, 5.74) is 1.79. The van der Waals surface area contributed by atoms with Gasteiger partial charge in [-0.2, -0.15) is 4.39 Å². The molecular weight excluding hydrogens is 490 g/mol. The van der Waals surface area contributed by atoms with Crippen LogP contribution >= 0.6 is 0 Å². The van der Waals surface area contributed by atoms with Gasteiger partial charge in [0.15, 0.2) is 0 Å². The molecule has 1 N–H and O–H groups in total. The molecule has 0 unspecified atom stereocenters. The van der Waals surface area contributed by atoms with Gasteiger partial charge < -0.3 is 14.6 Å². The van der Waals surface area contributed by atoms with Crippen LogP contribution in [0.4, 0.5) is 14.6 Å². The van der Waals surface area contributed by atoms with Gasteiger partial charge >= 0.3 is 5.97 Å². The van der Waals surface area contributed by atoms with E-state index in [0.717, 1.165) is 22.5 Å². The van der Waals surface area contributed by atoms with E-state index < -0.39 is 23.2 Å². The van der Waals surface area contributed by atoms with Crippen LogP contribution in [0.25, 0.3) is 22.0 Å². The SMILES string of the molecule is CN(C)c1ccc(-c2ccc(Cn3cc(C(=O)O)c(=O)c4cccc(F)c43)cc2)cn1.Fc1ccccn1. The summed E-state index contributed by atoms with van der Waals surface area (Å²) in [4.78, 5) is 33.6. The van der Waals surface area contributed by atoms with Gasteiger partial charge in [0.2, 0.25) is 11.4 Å². The summed E-state index contributed by atoms with van der Waals surface area (Å²) in [5.74, 6) is -1.48. The number of halogens is 2. The first-order chi connectivity index (χ1) is 18.2. The van der Waals surface area contributed by atoms with Crippen LogP contribution in [0.15, 0.2) is 96.2 Å². The summed E-state index contributed by atoms with van der Waals surface area (Å²) >= 11 is 0. The molecule has 0 saturated heterocycles. The summed E-state index contributed by atoms with van der Waals surface area (Å²) < 4.78 is 27.8. The van der Waals surface area contributed by atoms with Crippen molar-refractivity contribution in [1.29, 1.82) is 0 Å². The highest BCUT2D eigenvalue weighted by Gasteiger charge is 2.17. The summed E-state index contributed by atoms with van der Waals surface area (Å²) in [5, 5.41) is 9.43. The van der Waals surface area contributed by atoms with Crippen molar-refractivity contribution in [2.24, 2.45) is 0 Å². The molecule has 0 spiro atoms. The molecule has 0 amide bonds. The lowest BCUT2D eigenvalue weighted by molar-refractivity contribution is 0.0695. The third-order valence-electron chi connectivity index (χ3n) is 5.75. The average molecular weight is 515 g/mol. The largest absolute Gasteiger partial charge is 0.477 e. The average Bonchev–Trinajstić information content (AvgIpc) is 2.91. The minimum absolute atomic E-state index is 0.0450. The van der Waals surface area contributed by atoms with Crippen molar-refractivity contribution in [3.05, 3.63) is 125 Å². The summed E-state index contributed by atoms with van der Waals surface area (Å²) in [7, 11) is 3.85. The van der Waals surface area contributed by atoms with E-state index in [1.807, 2.05) is 55.4 Å². The van der Waals surface area contributed by atoms with E-state index in [9.17, 15) is 23.5 Å². The molecule has 0 aliphatic rings. The predicted molar refractivity (Wildman–Crippen MR) is 142 cm³/mol. The third-order valence-corrected chi connectivity index (χ3v) is 5.75. The van der Waals surface area contributed by atoms with Gasteiger partial charge in [-0.15, -0.1) is 0 Å². The van der Waals surface area contributed by atoms with Crippen molar-refractivity contribution in [3.8, 4) is 11.1 Å². The first-order valence-electron chi connectivity index (χ1n) is 11.6. The monoisotopic (exact) mass is 514 g/mol. The standard InChI is InChI=1S/C24H20FN3O3.C5H4FN/c1-27(2)21-11-10-17(12-26-21)16-8-6-15(7-9-16)13-28-14-19(24(30)31)23(29)18-4-3-5-20(25)22(18)28;6-5-3-1-2-4-7-5/h3-12,14H,13H2,1-2H3,(H,30,31);1-4H. The van der Waals surface area contributed by atoms with Gasteiger partial charge in [0.1, 0.15) is 17.2 Å². The highest BCUT2D eigenvalue weighted by molar-refractivity contribution is 5.92. The first-order valence-corrected chi connectivity index (χ1v) is 11.6. The number of aromatic nitrogens is 3. The van der Waals surface area contributed by atoms with Crippen molar-refractivity contribution in [3.63, 3.8) is 0 Å². The second-order valence-electron chi connectivity index (χ2n) is 8.59. The van der Waals surface area contributed by atoms with Crippen molar-refractivity contribution >= 4 is 22.7 Å². The molecule has 5 aromatic rings. The number of carboxylic acid groups (broad SMARTS) is 1.